The van der Waals surface area contributed by atoms with Gasteiger partial charge in [0.2, 0.25) is 0 Å². The molecule has 1 aliphatic carbocycles. The van der Waals surface area contributed by atoms with E-state index >= 15 is 0 Å². The molecule has 11 heteroatoms. The van der Waals surface area contributed by atoms with E-state index in [2.05, 4.69) is 26.5 Å². The van der Waals surface area contributed by atoms with Gasteiger partial charge < -0.3 is 5.32 Å². The highest BCUT2D eigenvalue weighted by molar-refractivity contribution is 6.31. The standard InChI is InChI=1S/C20H16ClN7O3/c1-12(18-24-11-25-27(18)17-3-2-16(9-23-17)28(30)31)26-19(29)13-6-14(8-15(21)7-13)20(10-22)4-5-20/h2-3,6-9,11-12H,4-5H2,1H3,(H,26,29)/t12-/m1/s1. The van der Waals surface area contributed by atoms with Crippen LogP contribution in [0.25, 0.3) is 5.82 Å². The number of amides is 1. The second-order valence-corrected chi connectivity index (χ2v) is 7.72. The molecule has 156 valence electrons. The average molecular weight is 438 g/mol. The summed E-state index contributed by atoms with van der Waals surface area (Å²) in [5, 5.41) is 27.6. The molecule has 0 unspecified atom stereocenters. The van der Waals surface area contributed by atoms with Gasteiger partial charge in [-0.25, -0.2) is 9.97 Å². The molecule has 1 saturated carbocycles. The molecule has 0 radical (unpaired) electrons. The molecule has 2 aromatic heterocycles. The third-order valence-electron chi connectivity index (χ3n) is 5.15. The highest BCUT2D eigenvalue weighted by Gasteiger charge is 2.45. The van der Waals surface area contributed by atoms with Crippen molar-refractivity contribution in [1.29, 1.82) is 5.26 Å². The molecule has 10 nitrogen and oxygen atoms in total. The molecular formula is C20H16ClN7O3. The van der Waals surface area contributed by atoms with Crippen molar-refractivity contribution in [3.05, 3.63) is 74.9 Å². The largest absolute Gasteiger partial charge is 0.342 e. The summed E-state index contributed by atoms with van der Waals surface area (Å²) in [4.78, 5) is 31.4. The van der Waals surface area contributed by atoms with Crippen molar-refractivity contribution in [1.82, 2.24) is 25.1 Å². The summed E-state index contributed by atoms with van der Waals surface area (Å²) in [6.45, 7) is 1.73. The fraction of sp³-hybridized carbons (Fsp3) is 0.250. The zero-order chi connectivity index (χ0) is 22.2. The van der Waals surface area contributed by atoms with E-state index in [4.69, 9.17) is 11.6 Å². The Kier molecular flexibility index (Phi) is 5.12. The van der Waals surface area contributed by atoms with E-state index < -0.39 is 16.4 Å². The number of pyridine rings is 1. The Labute approximate surface area is 181 Å². The fourth-order valence-electron chi connectivity index (χ4n) is 3.27. The minimum Gasteiger partial charge on any atom is -0.342 e. The third-order valence-corrected chi connectivity index (χ3v) is 5.36. The van der Waals surface area contributed by atoms with Crippen molar-refractivity contribution in [3.63, 3.8) is 0 Å². The lowest BCUT2D eigenvalue weighted by Crippen LogP contribution is -2.29. The maximum atomic E-state index is 12.9. The summed E-state index contributed by atoms with van der Waals surface area (Å²) in [7, 11) is 0. The number of nitrogens with one attached hydrogen (secondary N) is 1. The van der Waals surface area contributed by atoms with Crippen molar-refractivity contribution in [2.45, 2.75) is 31.2 Å². The highest BCUT2D eigenvalue weighted by Crippen LogP contribution is 2.48. The van der Waals surface area contributed by atoms with Crippen LogP contribution in [-0.2, 0) is 5.41 Å². The quantitative estimate of drug-likeness (QED) is 0.461. The average Bonchev–Trinajstić information content (AvgIpc) is 3.41. The van der Waals surface area contributed by atoms with E-state index in [-0.39, 0.29) is 11.6 Å². The Morgan fingerprint density at radius 1 is 1.35 bits per heavy atom. The molecule has 1 N–H and O–H groups in total. The van der Waals surface area contributed by atoms with Gasteiger partial charge in [-0.15, -0.1) is 0 Å². The minimum atomic E-state index is -0.562. The van der Waals surface area contributed by atoms with E-state index in [0.29, 0.717) is 22.2 Å². The Hall–Kier alpha value is -3.84. The van der Waals surface area contributed by atoms with Gasteiger partial charge in [0, 0.05) is 16.7 Å². The summed E-state index contributed by atoms with van der Waals surface area (Å²) in [6.07, 6.45) is 3.92. The van der Waals surface area contributed by atoms with Crippen molar-refractivity contribution in [3.8, 4) is 11.9 Å². The Morgan fingerprint density at radius 3 is 2.74 bits per heavy atom. The number of nitrogens with zero attached hydrogens (tertiary/aromatic N) is 6. The van der Waals surface area contributed by atoms with Crippen molar-refractivity contribution in [2.75, 3.05) is 0 Å². The summed E-state index contributed by atoms with van der Waals surface area (Å²) in [6, 6.07) is 9.46. The number of hydrogen-bond acceptors (Lipinski definition) is 7. The van der Waals surface area contributed by atoms with Crippen LogP contribution < -0.4 is 5.32 Å². The lowest BCUT2D eigenvalue weighted by atomic mass is 9.95. The first kappa shape index (κ1) is 20.4. The molecule has 0 bridgehead atoms. The molecule has 1 aliphatic rings. The first-order chi connectivity index (χ1) is 14.8. The van der Waals surface area contributed by atoms with Gasteiger partial charge >= 0.3 is 0 Å². The number of carbonyl (C=O) groups is 1. The molecule has 1 amide bonds. The predicted octanol–water partition coefficient (Wildman–Crippen LogP) is 3.27. The summed E-state index contributed by atoms with van der Waals surface area (Å²) in [5.41, 5.74) is 0.371. The number of nitro groups is 1. The second-order valence-electron chi connectivity index (χ2n) is 7.28. The van der Waals surface area contributed by atoms with Crippen LogP contribution in [-0.4, -0.2) is 30.6 Å². The fourth-order valence-corrected chi connectivity index (χ4v) is 3.50. The minimum absolute atomic E-state index is 0.144. The zero-order valence-corrected chi connectivity index (χ0v) is 17.1. The van der Waals surface area contributed by atoms with Gasteiger partial charge in [0.1, 0.15) is 12.5 Å². The van der Waals surface area contributed by atoms with Crippen LogP contribution in [0, 0.1) is 21.4 Å². The molecule has 4 rings (SSSR count). The molecule has 3 aromatic rings. The molecule has 1 aromatic carbocycles. The number of hydrogen-bond donors (Lipinski definition) is 1. The smallest absolute Gasteiger partial charge is 0.287 e. The lowest BCUT2D eigenvalue weighted by molar-refractivity contribution is -0.385. The normalized spacial score (nSPS) is 15.0. The van der Waals surface area contributed by atoms with Gasteiger partial charge in [0.15, 0.2) is 11.6 Å². The summed E-state index contributed by atoms with van der Waals surface area (Å²) >= 11 is 6.19. The van der Waals surface area contributed by atoms with Crippen LogP contribution in [0.2, 0.25) is 5.02 Å². The van der Waals surface area contributed by atoms with Crippen LogP contribution in [0.4, 0.5) is 5.69 Å². The Balaban J connectivity index is 1.55. The van der Waals surface area contributed by atoms with Gasteiger partial charge in [0.25, 0.3) is 11.6 Å². The molecular weight excluding hydrogens is 422 g/mol. The van der Waals surface area contributed by atoms with Crippen molar-refractivity contribution in [2.24, 2.45) is 0 Å². The van der Waals surface area contributed by atoms with Crippen LogP contribution in [0.1, 0.15) is 47.6 Å². The lowest BCUT2D eigenvalue weighted by Gasteiger charge is -2.15. The topological polar surface area (TPSA) is 140 Å². The number of aromatic nitrogens is 4. The number of carbonyl (C=O) groups excluding carboxylic acids is 1. The summed E-state index contributed by atoms with van der Waals surface area (Å²) in [5.74, 6) is 0.345. The van der Waals surface area contributed by atoms with Gasteiger partial charge in [-0.3, -0.25) is 14.9 Å². The molecule has 31 heavy (non-hydrogen) atoms. The van der Waals surface area contributed by atoms with Gasteiger partial charge in [0.05, 0.1) is 22.4 Å². The molecule has 1 atom stereocenters. The van der Waals surface area contributed by atoms with E-state index in [0.717, 1.165) is 24.6 Å². The maximum absolute atomic E-state index is 12.9. The molecule has 0 spiro atoms. The summed E-state index contributed by atoms with van der Waals surface area (Å²) < 4.78 is 1.40. The van der Waals surface area contributed by atoms with Crippen LogP contribution in [0.5, 0.6) is 0 Å². The maximum Gasteiger partial charge on any atom is 0.287 e. The number of rotatable bonds is 6. The van der Waals surface area contributed by atoms with Gasteiger partial charge in [-0.1, -0.05) is 11.6 Å². The number of benzene rings is 1. The highest BCUT2D eigenvalue weighted by atomic mass is 35.5. The number of halogens is 1. The van der Waals surface area contributed by atoms with Crippen LogP contribution in [0.15, 0.2) is 42.9 Å². The first-order valence-electron chi connectivity index (χ1n) is 9.37. The molecule has 2 heterocycles. The van der Waals surface area contributed by atoms with E-state index in [1.807, 2.05) is 0 Å². The van der Waals surface area contributed by atoms with Crippen molar-refractivity contribution < 1.29 is 9.72 Å². The van der Waals surface area contributed by atoms with E-state index in [9.17, 15) is 20.2 Å². The SMILES string of the molecule is C[C@@H](NC(=O)c1cc(Cl)cc(C2(C#N)CC2)c1)c1ncnn1-c1ccc([N+](=O)[O-])cn1. The predicted molar refractivity (Wildman–Crippen MR) is 110 cm³/mol. The second kappa shape index (κ2) is 7.77. The van der Waals surface area contributed by atoms with Gasteiger partial charge in [-0.05, 0) is 49.6 Å². The molecule has 1 fully saturated rings. The van der Waals surface area contributed by atoms with Crippen LogP contribution in [0.3, 0.4) is 0 Å². The van der Waals surface area contributed by atoms with Crippen molar-refractivity contribution >= 4 is 23.2 Å². The monoisotopic (exact) mass is 437 g/mol. The number of nitriles is 1. The van der Waals surface area contributed by atoms with E-state index in [1.165, 1.54) is 23.1 Å². The van der Waals surface area contributed by atoms with Gasteiger partial charge in [-0.2, -0.15) is 15.0 Å². The third kappa shape index (κ3) is 3.95. The molecule has 0 saturated heterocycles. The first-order valence-corrected chi connectivity index (χ1v) is 9.75. The Morgan fingerprint density at radius 2 is 2.13 bits per heavy atom. The van der Waals surface area contributed by atoms with Crippen LogP contribution >= 0.6 is 11.6 Å². The van der Waals surface area contributed by atoms with E-state index in [1.54, 1.807) is 25.1 Å². The molecule has 0 aliphatic heterocycles. The Bertz CT molecular complexity index is 1210. The zero-order valence-electron chi connectivity index (χ0n) is 16.3.